The summed E-state index contributed by atoms with van der Waals surface area (Å²) in [5.74, 6) is 0.114. The molecule has 0 radical (unpaired) electrons. The van der Waals surface area contributed by atoms with Gasteiger partial charge in [-0.15, -0.1) is 0 Å². The SMILES string of the molecule is CCCCCCCCCCCc1cc(Oc2ccccc2)cc(S(=O)(=O)O)c1[O-].[K+]. The van der Waals surface area contributed by atoms with Crippen molar-refractivity contribution in [3.05, 3.63) is 48.0 Å². The van der Waals surface area contributed by atoms with Crippen LogP contribution in [0.5, 0.6) is 17.2 Å². The normalized spacial score (nSPS) is 11.1. The van der Waals surface area contributed by atoms with Crippen LogP contribution in [-0.2, 0) is 16.5 Å². The summed E-state index contributed by atoms with van der Waals surface area (Å²) >= 11 is 0. The number of rotatable bonds is 13. The first-order valence-electron chi connectivity index (χ1n) is 10.5. The molecule has 0 aliphatic heterocycles. The monoisotopic (exact) mass is 458 g/mol. The van der Waals surface area contributed by atoms with E-state index in [2.05, 4.69) is 6.92 Å². The van der Waals surface area contributed by atoms with Crippen LogP contribution in [0.15, 0.2) is 47.4 Å². The van der Waals surface area contributed by atoms with Gasteiger partial charge in [0.2, 0.25) is 0 Å². The van der Waals surface area contributed by atoms with Crippen LogP contribution in [-0.4, -0.2) is 13.0 Å². The fourth-order valence-electron chi connectivity index (χ4n) is 3.32. The summed E-state index contributed by atoms with van der Waals surface area (Å²) in [6.07, 6.45) is 10.9. The van der Waals surface area contributed by atoms with E-state index >= 15 is 0 Å². The molecule has 0 aliphatic carbocycles. The minimum Gasteiger partial charge on any atom is -0.871 e. The number of hydrogen-bond donors (Lipinski definition) is 1. The summed E-state index contributed by atoms with van der Waals surface area (Å²) in [5, 5.41) is 12.5. The van der Waals surface area contributed by atoms with Crippen LogP contribution < -0.4 is 61.2 Å². The van der Waals surface area contributed by atoms with Gasteiger partial charge in [-0.05, 0) is 31.0 Å². The molecule has 0 aliphatic rings. The third-order valence-corrected chi connectivity index (χ3v) is 5.77. The van der Waals surface area contributed by atoms with Gasteiger partial charge in [0.25, 0.3) is 10.1 Å². The zero-order valence-electron chi connectivity index (χ0n) is 18.1. The number of ether oxygens (including phenoxy) is 1. The first-order chi connectivity index (χ1) is 13.9. The standard InChI is InChI=1S/C23H32O5S.K/c1-2-3-4-5-6-7-8-9-11-14-19-17-21(28-20-15-12-10-13-16-20)18-22(23(19)24)29(25,26)27;/h10,12-13,15-18,24H,2-9,11,14H2,1H3,(H,25,26,27);/q;+1/p-1. The second kappa shape index (κ2) is 14.6. The first kappa shape index (κ1) is 27.6. The van der Waals surface area contributed by atoms with Crippen molar-refractivity contribution in [2.24, 2.45) is 0 Å². The predicted octanol–water partition coefficient (Wildman–Crippen LogP) is 2.88. The number of para-hydroxylation sites is 1. The summed E-state index contributed by atoms with van der Waals surface area (Å²) in [6.45, 7) is 2.21. The molecule has 0 bridgehead atoms. The Morgan fingerprint density at radius 2 is 1.43 bits per heavy atom. The van der Waals surface area contributed by atoms with E-state index in [1.165, 1.54) is 38.5 Å². The van der Waals surface area contributed by atoms with E-state index in [-0.39, 0.29) is 57.1 Å². The van der Waals surface area contributed by atoms with Gasteiger partial charge in [0, 0.05) is 6.07 Å². The predicted molar refractivity (Wildman–Crippen MR) is 113 cm³/mol. The Morgan fingerprint density at radius 1 is 0.867 bits per heavy atom. The fourth-order valence-corrected chi connectivity index (χ4v) is 3.95. The van der Waals surface area contributed by atoms with Gasteiger partial charge in [0.15, 0.2) is 0 Å². The van der Waals surface area contributed by atoms with Crippen molar-refractivity contribution in [2.45, 2.75) is 76.0 Å². The van der Waals surface area contributed by atoms with Crippen molar-refractivity contribution in [3.63, 3.8) is 0 Å². The van der Waals surface area contributed by atoms with Gasteiger partial charge in [-0.1, -0.05) is 87.8 Å². The number of hydrogen-bond acceptors (Lipinski definition) is 4. The van der Waals surface area contributed by atoms with Gasteiger partial charge in [-0.3, -0.25) is 4.55 Å². The van der Waals surface area contributed by atoms with Crippen LogP contribution in [0.3, 0.4) is 0 Å². The Labute approximate surface area is 223 Å². The molecule has 0 unspecified atom stereocenters. The third-order valence-electron chi connectivity index (χ3n) is 4.91. The molecule has 0 spiro atoms. The molecule has 1 N–H and O–H groups in total. The molecule has 0 heterocycles. The van der Waals surface area contributed by atoms with E-state index in [1.54, 1.807) is 30.3 Å². The summed E-state index contributed by atoms with van der Waals surface area (Å²) in [7, 11) is -4.61. The Kier molecular flexibility index (Phi) is 13.5. The van der Waals surface area contributed by atoms with Crippen LogP contribution in [0.25, 0.3) is 0 Å². The van der Waals surface area contributed by atoms with E-state index < -0.39 is 20.8 Å². The molecule has 0 aromatic heterocycles. The summed E-state index contributed by atoms with van der Waals surface area (Å²) in [6, 6.07) is 11.6. The van der Waals surface area contributed by atoms with Gasteiger partial charge in [0.05, 0.1) is 4.90 Å². The topological polar surface area (TPSA) is 86.7 Å². The maximum atomic E-state index is 12.5. The van der Waals surface area contributed by atoms with Crippen LogP contribution in [0.2, 0.25) is 0 Å². The van der Waals surface area contributed by atoms with Crippen molar-refractivity contribution in [1.82, 2.24) is 0 Å². The van der Waals surface area contributed by atoms with Gasteiger partial charge in [0.1, 0.15) is 11.5 Å². The van der Waals surface area contributed by atoms with Crippen molar-refractivity contribution in [2.75, 3.05) is 0 Å². The molecule has 0 amide bonds. The average molecular weight is 459 g/mol. The smallest absolute Gasteiger partial charge is 0.871 e. The van der Waals surface area contributed by atoms with Crippen LogP contribution in [0.1, 0.15) is 70.3 Å². The van der Waals surface area contributed by atoms with Gasteiger partial charge < -0.3 is 9.84 Å². The molecule has 0 atom stereocenters. The molecular formula is C23H31KO5S. The molecule has 2 rings (SSSR count). The third kappa shape index (κ3) is 9.81. The molecular weight excluding hydrogens is 427 g/mol. The maximum absolute atomic E-state index is 12.5. The number of benzene rings is 2. The minimum atomic E-state index is -4.61. The number of unbranched alkanes of at least 4 members (excludes halogenated alkanes) is 8. The molecule has 0 fully saturated rings. The second-order valence-corrected chi connectivity index (χ2v) is 8.77. The van der Waals surface area contributed by atoms with Gasteiger partial charge in [-0.25, -0.2) is 0 Å². The summed E-state index contributed by atoms with van der Waals surface area (Å²) in [4.78, 5) is -0.628. The quantitative estimate of drug-likeness (QED) is 0.283. The van der Waals surface area contributed by atoms with E-state index in [0.717, 1.165) is 25.3 Å². The van der Waals surface area contributed by atoms with Crippen molar-refractivity contribution >= 4 is 10.1 Å². The zero-order valence-corrected chi connectivity index (χ0v) is 22.0. The van der Waals surface area contributed by atoms with E-state index in [1.807, 2.05) is 6.07 Å². The Bertz CT molecular complexity index is 853. The van der Waals surface area contributed by atoms with Gasteiger partial charge in [-0.2, -0.15) is 8.42 Å². The zero-order chi connectivity index (χ0) is 21.1. The summed E-state index contributed by atoms with van der Waals surface area (Å²) in [5.41, 5.74) is 0.356. The molecule has 30 heavy (non-hydrogen) atoms. The second-order valence-electron chi connectivity index (χ2n) is 7.38. The minimum absolute atomic E-state index is 0. The van der Waals surface area contributed by atoms with E-state index in [9.17, 15) is 18.1 Å². The maximum Gasteiger partial charge on any atom is 1.00 e. The average Bonchev–Trinajstić information content (AvgIpc) is 2.68. The molecule has 0 saturated carbocycles. The van der Waals surface area contributed by atoms with Crippen molar-refractivity contribution < 1.29 is 74.2 Å². The van der Waals surface area contributed by atoms with E-state index in [0.29, 0.717) is 17.7 Å². The van der Waals surface area contributed by atoms with Crippen LogP contribution in [0.4, 0.5) is 0 Å². The van der Waals surface area contributed by atoms with Crippen LogP contribution >= 0.6 is 0 Å². The van der Waals surface area contributed by atoms with Crippen LogP contribution in [0, 0.1) is 0 Å². The summed E-state index contributed by atoms with van der Waals surface area (Å²) < 4.78 is 38.4. The first-order valence-corrected chi connectivity index (χ1v) is 11.9. The molecule has 0 saturated heterocycles. The van der Waals surface area contributed by atoms with Gasteiger partial charge >= 0.3 is 51.4 Å². The molecule has 2 aromatic carbocycles. The Morgan fingerprint density at radius 3 is 2.00 bits per heavy atom. The fraction of sp³-hybridized carbons (Fsp3) is 0.478. The molecule has 7 heteroatoms. The molecule has 2 aromatic rings. The number of aryl methyl sites for hydroxylation is 1. The Balaban J connectivity index is 0.00000450. The van der Waals surface area contributed by atoms with E-state index in [4.69, 9.17) is 4.74 Å². The molecule has 5 nitrogen and oxygen atoms in total. The molecule has 160 valence electrons. The van der Waals surface area contributed by atoms with Crippen molar-refractivity contribution in [3.8, 4) is 17.2 Å². The Hall–Kier alpha value is -0.414. The van der Waals surface area contributed by atoms with Crippen molar-refractivity contribution in [1.29, 1.82) is 0 Å². The largest absolute Gasteiger partial charge is 1.00 e.